The SMILES string of the molecule is Cc1nnc(OCC2(N)CCCC2)s1. The van der Waals surface area contributed by atoms with Crippen molar-refractivity contribution in [2.75, 3.05) is 6.61 Å². The predicted molar refractivity (Wildman–Crippen MR) is 55.5 cm³/mol. The van der Waals surface area contributed by atoms with Gasteiger partial charge in [-0.05, 0) is 19.8 Å². The van der Waals surface area contributed by atoms with E-state index in [2.05, 4.69) is 10.2 Å². The summed E-state index contributed by atoms with van der Waals surface area (Å²) in [7, 11) is 0. The molecule has 78 valence electrons. The molecule has 0 amide bonds. The van der Waals surface area contributed by atoms with Gasteiger partial charge in [-0.1, -0.05) is 24.2 Å². The van der Waals surface area contributed by atoms with Crippen LogP contribution in [0.2, 0.25) is 0 Å². The lowest BCUT2D eigenvalue weighted by atomic mass is 10.0. The third-order valence-corrected chi connectivity index (χ3v) is 3.34. The van der Waals surface area contributed by atoms with E-state index in [9.17, 15) is 0 Å². The molecular weight excluding hydrogens is 198 g/mol. The maximum absolute atomic E-state index is 6.15. The Labute approximate surface area is 87.5 Å². The molecule has 0 aliphatic heterocycles. The average Bonchev–Trinajstić information content (AvgIpc) is 2.73. The van der Waals surface area contributed by atoms with E-state index in [0.29, 0.717) is 11.8 Å². The van der Waals surface area contributed by atoms with Crippen LogP contribution in [0.4, 0.5) is 0 Å². The first-order valence-electron chi connectivity index (χ1n) is 4.90. The van der Waals surface area contributed by atoms with Crippen LogP contribution in [0.1, 0.15) is 30.7 Å². The lowest BCUT2D eigenvalue weighted by molar-refractivity contribution is 0.218. The molecule has 1 heterocycles. The van der Waals surface area contributed by atoms with Crippen LogP contribution in [0.25, 0.3) is 0 Å². The molecule has 5 heteroatoms. The van der Waals surface area contributed by atoms with Gasteiger partial charge in [0.15, 0.2) is 0 Å². The highest BCUT2D eigenvalue weighted by molar-refractivity contribution is 7.12. The van der Waals surface area contributed by atoms with Crippen molar-refractivity contribution in [3.05, 3.63) is 5.01 Å². The van der Waals surface area contributed by atoms with E-state index >= 15 is 0 Å². The molecule has 1 aliphatic rings. The summed E-state index contributed by atoms with van der Waals surface area (Å²) in [4.78, 5) is 0. The van der Waals surface area contributed by atoms with Crippen molar-refractivity contribution in [3.63, 3.8) is 0 Å². The van der Waals surface area contributed by atoms with Gasteiger partial charge in [0, 0.05) is 0 Å². The molecule has 0 bridgehead atoms. The molecule has 2 N–H and O–H groups in total. The number of nitrogens with zero attached hydrogens (tertiary/aromatic N) is 2. The maximum atomic E-state index is 6.15. The van der Waals surface area contributed by atoms with Crippen molar-refractivity contribution < 1.29 is 4.74 Å². The highest BCUT2D eigenvalue weighted by Crippen LogP contribution is 2.28. The highest BCUT2D eigenvalue weighted by Gasteiger charge is 2.30. The zero-order valence-electron chi connectivity index (χ0n) is 8.32. The van der Waals surface area contributed by atoms with E-state index in [1.54, 1.807) is 0 Å². The van der Waals surface area contributed by atoms with Crippen molar-refractivity contribution >= 4 is 11.3 Å². The minimum Gasteiger partial charge on any atom is -0.467 e. The molecule has 0 atom stereocenters. The van der Waals surface area contributed by atoms with Crippen LogP contribution in [0.15, 0.2) is 0 Å². The standard InChI is InChI=1S/C9H15N3OS/c1-7-11-12-8(14-7)13-6-9(10)4-2-3-5-9/h2-6,10H2,1H3. The Morgan fingerprint density at radius 1 is 1.43 bits per heavy atom. The number of nitrogens with two attached hydrogens (primary N) is 1. The number of ether oxygens (including phenoxy) is 1. The van der Waals surface area contributed by atoms with Crippen LogP contribution in [0, 0.1) is 6.92 Å². The highest BCUT2D eigenvalue weighted by atomic mass is 32.1. The summed E-state index contributed by atoms with van der Waals surface area (Å²) < 4.78 is 5.53. The van der Waals surface area contributed by atoms with Crippen LogP contribution in [-0.4, -0.2) is 22.3 Å². The van der Waals surface area contributed by atoms with Gasteiger partial charge in [0.05, 0.1) is 5.54 Å². The van der Waals surface area contributed by atoms with Crippen molar-refractivity contribution in [2.45, 2.75) is 38.1 Å². The summed E-state index contributed by atoms with van der Waals surface area (Å²) in [6.45, 7) is 2.49. The Kier molecular flexibility index (Phi) is 2.69. The largest absolute Gasteiger partial charge is 0.467 e. The smallest absolute Gasteiger partial charge is 0.294 e. The first kappa shape index (κ1) is 9.86. The Hall–Kier alpha value is -0.680. The van der Waals surface area contributed by atoms with Crippen LogP contribution >= 0.6 is 11.3 Å². The molecule has 1 aromatic heterocycles. The normalized spacial score (nSPS) is 19.9. The van der Waals surface area contributed by atoms with E-state index in [1.807, 2.05) is 6.92 Å². The molecule has 0 unspecified atom stereocenters. The Bertz CT molecular complexity index is 307. The van der Waals surface area contributed by atoms with Crippen LogP contribution < -0.4 is 10.5 Å². The second kappa shape index (κ2) is 3.82. The summed E-state index contributed by atoms with van der Waals surface area (Å²) >= 11 is 1.47. The maximum Gasteiger partial charge on any atom is 0.294 e. The lowest BCUT2D eigenvalue weighted by Gasteiger charge is -2.22. The zero-order chi connectivity index (χ0) is 10.0. The van der Waals surface area contributed by atoms with E-state index in [1.165, 1.54) is 24.2 Å². The second-order valence-corrected chi connectivity index (χ2v) is 5.09. The molecule has 4 nitrogen and oxygen atoms in total. The van der Waals surface area contributed by atoms with E-state index in [-0.39, 0.29) is 5.54 Å². The topological polar surface area (TPSA) is 61.0 Å². The molecule has 0 spiro atoms. The molecule has 14 heavy (non-hydrogen) atoms. The number of hydrogen-bond acceptors (Lipinski definition) is 5. The second-order valence-electron chi connectivity index (χ2n) is 3.95. The summed E-state index contributed by atoms with van der Waals surface area (Å²) in [6.07, 6.45) is 4.56. The first-order valence-corrected chi connectivity index (χ1v) is 5.71. The van der Waals surface area contributed by atoms with Gasteiger partial charge in [0.2, 0.25) is 0 Å². The van der Waals surface area contributed by atoms with Gasteiger partial charge in [0.25, 0.3) is 5.19 Å². The Morgan fingerprint density at radius 2 is 2.14 bits per heavy atom. The van der Waals surface area contributed by atoms with E-state index < -0.39 is 0 Å². The number of aromatic nitrogens is 2. The monoisotopic (exact) mass is 213 g/mol. The molecule has 1 aromatic rings. The first-order chi connectivity index (χ1) is 6.68. The van der Waals surface area contributed by atoms with Crippen LogP contribution in [-0.2, 0) is 0 Å². The quantitative estimate of drug-likeness (QED) is 0.826. The van der Waals surface area contributed by atoms with Crippen LogP contribution in [0.3, 0.4) is 0 Å². The van der Waals surface area contributed by atoms with Crippen molar-refractivity contribution in [2.24, 2.45) is 5.73 Å². The lowest BCUT2D eigenvalue weighted by Crippen LogP contribution is -2.42. The van der Waals surface area contributed by atoms with Crippen molar-refractivity contribution in [1.29, 1.82) is 0 Å². The van der Waals surface area contributed by atoms with Crippen LogP contribution in [0.5, 0.6) is 5.19 Å². The van der Waals surface area contributed by atoms with Gasteiger partial charge < -0.3 is 10.5 Å². The Balaban J connectivity index is 1.87. The number of aryl methyl sites for hydroxylation is 1. The summed E-state index contributed by atoms with van der Waals surface area (Å²) in [5.74, 6) is 0. The fourth-order valence-corrected chi connectivity index (χ4v) is 2.30. The fourth-order valence-electron chi connectivity index (χ4n) is 1.77. The molecule has 1 aliphatic carbocycles. The average molecular weight is 213 g/mol. The fraction of sp³-hybridized carbons (Fsp3) is 0.778. The van der Waals surface area contributed by atoms with Gasteiger partial charge in [-0.25, -0.2) is 0 Å². The van der Waals surface area contributed by atoms with Crippen molar-refractivity contribution in [1.82, 2.24) is 10.2 Å². The molecule has 0 aromatic carbocycles. The minimum atomic E-state index is -0.125. The third kappa shape index (κ3) is 2.22. The summed E-state index contributed by atoms with van der Waals surface area (Å²) in [6, 6.07) is 0. The van der Waals surface area contributed by atoms with Gasteiger partial charge in [-0.15, -0.1) is 10.2 Å². The van der Waals surface area contributed by atoms with E-state index in [4.69, 9.17) is 10.5 Å². The van der Waals surface area contributed by atoms with Gasteiger partial charge in [0.1, 0.15) is 11.6 Å². The molecule has 1 fully saturated rings. The molecule has 0 radical (unpaired) electrons. The van der Waals surface area contributed by atoms with Gasteiger partial charge >= 0.3 is 0 Å². The third-order valence-electron chi connectivity index (χ3n) is 2.59. The Morgan fingerprint density at radius 3 is 2.71 bits per heavy atom. The molecule has 0 saturated heterocycles. The molecule has 1 saturated carbocycles. The summed E-state index contributed by atoms with van der Waals surface area (Å²) in [5, 5.41) is 9.35. The molecular formula is C9H15N3OS. The van der Waals surface area contributed by atoms with Gasteiger partial charge in [-0.2, -0.15) is 0 Å². The van der Waals surface area contributed by atoms with Gasteiger partial charge in [-0.3, -0.25) is 0 Å². The zero-order valence-corrected chi connectivity index (χ0v) is 9.14. The minimum absolute atomic E-state index is 0.125. The number of rotatable bonds is 3. The summed E-state index contributed by atoms with van der Waals surface area (Å²) in [5.41, 5.74) is 6.02. The van der Waals surface area contributed by atoms with E-state index in [0.717, 1.165) is 17.8 Å². The van der Waals surface area contributed by atoms with Crippen molar-refractivity contribution in [3.8, 4) is 5.19 Å². The predicted octanol–water partition coefficient (Wildman–Crippen LogP) is 1.50. The number of hydrogen-bond donors (Lipinski definition) is 1. The molecule has 2 rings (SSSR count).